The lowest BCUT2D eigenvalue weighted by Crippen LogP contribution is -2.01. The number of hydrogen-bond acceptors (Lipinski definition) is 3. The lowest BCUT2D eigenvalue weighted by molar-refractivity contribution is 0.219. The van der Waals surface area contributed by atoms with E-state index in [4.69, 9.17) is 4.74 Å². The fourth-order valence-electron chi connectivity index (χ4n) is 1.61. The number of ether oxygens (including phenoxy) is 1. The summed E-state index contributed by atoms with van der Waals surface area (Å²) in [5.41, 5.74) is 1.62. The Labute approximate surface area is 101 Å². The van der Waals surface area contributed by atoms with E-state index in [1.807, 2.05) is 43.3 Å². The van der Waals surface area contributed by atoms with E-state index in [0.29, 0.717) is 12.5 Å². The standard InChI is InChI=1S/C14H15NO2/c1-2-17-13-9-8-12(10-15-13)14(16)11-6-4-3-5-7-11/h3-10,14,16H,2H2,1H3/t14-/m0/s1. The minimum atomic E-state index is -0.639. The maximum atomic E-state index is 10.1. The van der Waals surface area contributed by atoms with Crippen LogP contribution in [0.5, 0.6) is 5.88 Å². The molecule has 0 saturated carbocycles. The van der Waals surface area contributed by atoms with Crippen LogP contribution in [0.1, 0.15) is 24.2 Å². The predicted octanol–water partition coefficient (Wildman–Crippen LogP) is 2.56. The van der Waals surface area contributed by atoms with Gasteiger partial charge in [-0.2, -0.15) is 0 Å². The summed E-state index contributed by atoms with van der Waals surface area (Å²) in [5, 5.41) is 10.1. The number of aliphatic hydroxyl groups is 1. The van der Waals surface area contributed by atoms with Gasteiger partial charge in [-0.1, -0.05) is 30.3 Å². The van der Waals surface area contributed by atoms with Crippen LogP contribution < -0.4 is 4.74 Å². The number of hydrogen-bond donors (Lipinski definition) is 1. The number of benzene rings is 1. The van der Waals surface area contributed by atoms with E-state index in [2.05, 4.69) is 4.98 Å². The lowest BCUT2D eigenvalue weighted by Gasteiger charge is -2.11. The van der Waals surface area contributed by atoms with Gasteiger partial charge < -0.3 is 9.84 Å². The van der Waals surface area contributed by atoms with Crippen LogP contribution in [-0.2, 0) is 0 Å². The number of aromatic nitrogens is 1. The van der Waals surface area contributed by atoms with E-state index < -0.39 is 6.10 Å². The van der Waals surface area contributed by atoms with Crippen molar-refractivity contribution in [3.63, 3.8) is 0 Å². The second kappa shape index (κ2) is 5.46. The maximum Gasteiger partial charge on any atom is 0.213 e. The molecule has 0 aliphatic carbocycles. The van der Waals surface area contributed by atoms with Gasteiger partial charge in [-0.3, -0.25) is 0 Å². The molecule has 0 radical (unpaired) electrons. The first-order valence-electron chi connectivity index (χ1n) is 5.63. The second-order valence-corrected chi connectivity index (χ2v) is 3.68. The van der Waals surface area contributed by atoms with Crippen molar-refractivity contribution in [3.8, 4) is 5.88 Å². The molecule has 3 nitrogen and oxygen atoms in total. The van der Waals surface area contributed by atoms with Gasteiger partial charge in [0.2, 0.25) is 5.88 Å². The van der Waals surface area contributed by atoms with Gasteiger partial charge in [-0.15, -0.1) is 0 Å². The molecule has 1 aromatic heterocycles. The minimum Gasteiger partial charge on any atom is -0.478 e. The van der Waals surface area contributed by atoms with Crippen LogP contribution in [0.3, 0.4) is 0 Å². The molecule has 17 heavy (non-hydrogen) atoms. The molecule has 2 aromatic rings. The van der Waals surface area contributed by atoms with E-state index in [-0.39, 0.29) is 0 Å². The summed E-state index contributed by atoms with van der Waals surface area (Å²) < 4.78 is 5.25. The normalized spacial score (nSPS) is 12.1. The Balaban J connectivity index is 2.17. The van der Waals surface area contributed by atoms with Gasteiger partial charge in [0.15, 0.2) is 0 Å². The lowest BCUT2D eigenvalue weighted by atomic mass is 10.0. The fraction of sp³-hybridized carbons (Fsp3) is 0.214. The summed E-state index contributed by atoms with van der Waals surface area (Å²) in [6, 6.07) is 13.1. The van der Waals surface area contributed by atoms with Crippen LogP contribution in [0.2, 0.25) is 0 Å². The Hall–Kier alpha value is -1.87. The summed E-state index contributed by atoms with van der Waals surface area (Å²) >= 11 is 0. The van der Waals surface area contributed by atoms with Gasteiger partial charge in [0.25, 0.3) is 0 Å². The topological polar surface area (TPSA) is 42.4 Å². The quantitative estimate of drug-likeness (QED) is 0.876. The number of aliphatic hydroxyl groups excluding tert-OH is 1. The van der Waals surface area contributed by atoms with Crippen molar-refractivity contribution in [1.29, 1.82) is 0 Å². The summed E-state index contributed by atoms with van der Waals surface area (Å²) in [6.45, 7) is 2.50. The first-order chi connectivity index (χ1) is 8.31. The third-order valence-corrected chi connectivity index (χ3v) is 2.48. The first-order valence-corrected chi connectivity index (χ1v) is 5.63. The Morgan fingerprint density at radius 1 is 1.12 bits per heavy atom. The molecule has 0 aliphatic rings. The van der Waals surface area contributed by atoms with Crippen LogP contribution in [0, 0.1) is 0 Å². The van der Waals surface area contributed by atoms with Gasteiger partial charge in [0.1, 0.15) is 6.10 Å². The van der Waals surface area contributed by atoms with Crippen LogP contribution in [-0.4, -0.2) is 16.7 Å². The van der Waals surface area contributed by atoms with E-state index in [1.165, 1.54) is 0 Å². The molecule has 1 aromatic carbocycles. The zero-order valence-electron chi connectivity index (χ0n) is 9.71. The molecule has 0 saturated heterocycles. The number of rotatable bonds is 4. The molecule has 0 aliphatic heterocycles. The second-order valence-electron chi connectivity index (χ2n) is 3.68. The van der Waals surface area contributed by atoms with Crippen LogP contribution in [0.4, 0.5) is 0 Å². The third-order valence-electron chi connectivity index (χ3n) is 2.48. The largest absolute Gasteiger partial charge is 0.478 e. The SMILES string of the molecule is CCOc1ccc([C@@H](O)c2ccccc2)cn1. The average molecular weight is 229 g/mol. The van der Waals surface area contributed by atoms with E-state index in [0.717, 1.165) is 11.1 Å². The van der Waals surface area contributed by atoms with Crippen molar-refractivity contribution in [2.75, 3.05) is 6.61 Å². The molecular formula is C14H15NO2. The van der Waals surface area contributed by atoms with E-state index in [1.54, 1.807) is 12.3 Å². The van der Waals surface area contributed by atoms with Crippen LogP contribution in [0.25, 0.3) is 0 Å². The summed E-state index contributed by atoms with van der Waals surface area (Å²) in [6.07, 6.45) is 1.00. The molecule has 0 amide bonds. The average Bonchev–Trinajstić information content (AvgIpc) is 2.40. The minimum absolute atomic E-state index is 0.580. The van der Waals surface area contributed by atoms with Crippen molar-refractivity contribution < 1.29 is 9.84 Å². The number of pyridine rings is 1. The molecule has 0 fully saturated rings. The van der Waals surface area contributed by atoms with E-state index >= 15 is 0 Å². The van der Waals surface area contributed by atoms with Crippen molar-refractivity contribution in [2.45, 2.75) is 13.0 Å². The van der Waals surface area contributed by atoms with Gasteiger partial charge >= 0.3 is 0 Å². The molecule has 1 N–H and O–H groups in total. The highest BCUT2D eigenvalue weighted by molar-refractivity contribution is 5.29. The molecule has 0 spiro atoms. The molecule has 2 rings (SSSR count). The van der Waals surface area contributed by atoms with Gasteiger partial charge in [0.05, 0.1) is 6.61 Å². The molecule has 0 bridgehead atoms. The smallest absolute Gasteiger partial charge is 0.213 e. The Bertz CT molecular complexity index is 453. The van der Waals surface area contributed by atoms with Crippen molar-refractivity contribution in [2.24, 2.45) is 0 Å². The third kappa shape index (κ3) is 2.82. The zero-order valence-corrected chi connectivity index (χ0v) is 9.71. The number of nitrogens with zero attached hydrogens (tertiary/aromatic N) is 1. The van der Waals surface area contributed by atoms with Crippen molar-refractivity contribution >= 4 is 0 Å². The molecule has 1 heterocycles. The van der Waals surface area contributed by atoms with Crippen LogP contribution >= 0.6 is 0 Å². The molecule has 1 atom stereocenters. The van der Waals surface area contributed by atoms with Crippen molar-refractivity contribution in [1.82, 2.24) is 4.98 Å². The summed E-state index contributed by atoms with van der Waals surface area (Å²) in [4.78, 5) is 4.13. The fourth-order valence-corrected chi connectivity index (χ4v) is 1.61. The molecular weight excluding hydrogens is 214 g/mol. The molecule has 88 valence electrons. The van der Waals surface area contributed by atoms with Gasteiger partial charge in [-0.25, -0.2) is 4.98 Å². The zero-order chi connectivity index (χ0) is 12.1. The van der Waals surface area contributed by atoms with Crippen molar-refractivity contribution in [3.05, 3.63) is 59.8 Å². The first kappa shape index (κ1) is 11.6. The predicted molar refractivity (Wildman–Crippen MR) is 65.9 cm³/mol. The van der Waals surface area contributed by atoms with Gasteiger partial charge in [-0.05, 0) is 18.6 Å². The Kier molecular flexibility index (Phi) is 3.73. The molecule has 0 unspecified atom stereocenters. The maximum absolute atomic E-state index is 10.1. The van der Waals surface area contributed by atoms with Gasteiger partial charge in [0, 0.05) is 17.8 Å². The van der Waals surface area contributed by atoms with E-state index in [9.17, 15) is 5.11 Å². The van der Waals surface area contributed by atoms with Crippen LogP contribution in [0.15, 0.2) is 48.7 Å². The molecule has 3 heteroatoms. The summed E-state index contributed by atoms with van der Waals surface area (Å²) in [7, 11) is 0. The Morgan fingerprint density at radius 2 is 1.88 bits per heavy atom. The highest BCUT2D eigenvalue weighted by Gasteiger charge is 2.10. The highest BCUT2D eigenvalue weighted by Crippen LogP contribution is 2.21. The highest BCUT2D eigenvalue weighted by atomic mass is 16.5. The monoisotopic (exact) mass is 229 g/mol. The Morgan fingerprint density at radius 3 is 2.47 bits per heavy atom. The summed E-state index contributed by atoms with van der Waals surface area (Å²) in [5.74, 6) is 0.580.